The van der Waals surface area contributed by atoms with Gasteiger partial charge in [-0.1, -0.05) is 59.7 Å². The van der Waals surface area contributed by atoms with Crippen molar-refractivity contribution in [1.82, 2.24) is 0 Å². The van der Waals surface area contributed by atoms with Gasteiger partial charge in [0.2, 0.25) is 0 Å². The van der Waals surface area contributed by atoms with E-state index in [0.29, 0.717) is 19.6 Å². The van der Waals surface area contributed by atoms with Gasteiger partial charge in [0.1, 0.15) is 18.6 Å². The highest BCUT2D eigenvalue weighted by Gasteiger charge is 2.37. The largest absolute Gasteiger partial charge is 0.461 e. The standard InChI is InChI=1S/C24H24O4S/c1-26-18-19-28-24-15-6-9-20(24)8-5-13-23(25)27-17-14-22(12-7-16-24)29-21-10-3-2-4-11-21/h2-4,9-11,14H,6,13,15-19H2,1H3/b22-14+. The third-order valence-electron chi connectivity index (χ3n) is 4.58. The summed E-state index contributed by atoms with van der Waals surface area (Å²) >= 11 is 1.56. The molecule has 0 aromatic heterocycles. The van der Waals surface area contributed by atoms with E-state index in [1.807, 2.05) is 36.4 Å². The number of methoxy groups -OCH3 is 1. The second-order valence-electron chi connectivity index (χ2n) is 6.62. The monoisotopic (exact) mass is 408 g/mol. The number of rotatable bonds is 6. The Kier molecular flexibility index (Phi) is 8.02. The number of hydrogen-bond donors (Lipinski definition) is 0. The maximum atomic E-state index is 12.0. The van der Waals surface area contributed by atoms with Crippen LogP contribution >= 0.6 is 11.8 Å². The second-order valence-corrected chi connectivity index (χ2v) is 7.73. The molecule has 0 saturated heterocycles. The summed E-state index contributed by atoms with van der Waals surface area (Å²) in [4.78, 5) is 13.9. The number of ether oxygens (including phenoxy) is 3. The lowest BCUT2D eigenvalue weighted by atomic mass is 9.91. The molecule has 0 saturated carbocycles. The molecule has 1 unspecified atom stereocenters. The number of hydrogen-bond acceptors (Lipinski definition) is 5. The average molecular weight is 409 g/mol. The van der Waals surface area contributed by atoms with Gasteiger partial charge < -0.3 is 14.2 Å². The fourth-order valence-electron chi connectivity index (χ4n) is 3.12. The van der Waals surface area contributed by atoms with Crippen molar-refractivity contribution in [3.63, 3.8) is 0 Å². The minimum absolute atomic E-state index is 0.0569. The highest BCUT2D eigenvalue weighted by molar-refractivity contribution is 8.03. The summed E-state index contributed by atoms with van der Waals surface area (Å²) in [7, 11) is 1.65. The maximum absolute atomic E-state index is 12.0. The van der Waals surface area contributed by atoms with Crippen LogP contribution in [0.25, 0.3) is 0 Å². The zero-order valence-corrected chi connectivity index (χ0v) is 17.3. The first-order chi connectivity index (χ1) is 14.2. The van der Waals surface area contributed by atoms with Gasteiger partial charge in [0.05, 0.1) is 18.1 Å². The molecule has 1 heterocycles. The number of cyclic esters (lactones) is 1. The number of benzene rings is 1. The Morgan fingerprint density at radius 3 is 2.83 bits per heavy atom. The molecule has 0 radical (unpaired) electrons. The molecule has 4 nitrogen and oxygen atoms in total. The predicted octanol–water partition coefficient (Wildman–Crippen LogP) is 4.13. The van der Waals surface area contributed by atoms with Crippen molar-refractivity contribution in [2.45, 2.75) is 36.2 Å². The van der Waals surface area contributed by atoms with Crippen molar-refractivity contribution in [3.05, 3.63) is 53.0 Å². The van der Waals surface area contributed by atoms with Gasteiger partial charge in [0, 0.05) is 24.0 Å². The molecule has 1 atom stereocenters. The van der Waals surface area contributed by atoms with E-state index < -0.39 is 5.60 Å². The van der Waals surface area contributed by atoms with Gasteiger partial charge in [-0.05, 0) is 31.1 Å². The number of carbonyl (C=O) groups excluding carboxylic acids is 1. The van der Waals surface area contributed by atoms with E-state index in [-0.39, 0.29) is 19.0 Å². The first kappa shape index (κ1) is 21.3. The van der Waals surface area contributed by atoms with Crippen molar-refractivity contribution < 1.29 is 19.0 Å². The minimum Gasteiger partial charge on any atom is -0.461 e. The Morgan fingerprint density at radius 2 is 2.00 bits per heavy atom. The molecule has 0 amide bonds. The molecule has 2 aliphatic rings. The summed E-state index contributed by atoms with van der Waals surface area (Å²) in [5.74, 6) is 12.3. The molecule has 1 aromatic rings. The van der Waals surface area contributed by atoms with Crippen LogP contribution in [-0.4, -0.2) is 38.5 Å². The van der Waals surface area contributed by atoms with Gasteiger partial charge in [0.25, 0.3) is 0 Å². The number of esters is 1. The third kappa shape index (κ3) is 6.27. The first-order valence-corrected chi connectivity index (χ1v) is 10.4. The van der Waals surface area contributed by atoms with Crippen molar-refractivity contribution in [3.8, 4) is 23.7 Å². The average Bonchev–Trinajstić information content (AvgIpc) is 3.11. The summed E-state index contributed by atoms with van der Waals surface area (Å²) in [6.07, 6.45) is 6.23. The van der Waals surface area contributed by atoms with Crippen molar-refractivity contribution in [2.24, 2.45) is 0 Å². The normalized spacial score (nSPS) is 23.3. The zero-order chi connectivity index (χ0) is 20.4. The number of fused-ring (bicyclic) bond motifs is 1. The molecule has 5 heteroatoms. The van der Waals surface area contributed by atoms with E-state index >= 15 is 0 Å². The van der Waals surface area contributed by atoms with Gasteiger partial charge in [-0.25, -0.2) is 0 Å². The summed E-state index contributed by atoms with van der Waals surface area (Å²) in [6.45, 7) is 1.17. The van der Waals surface area contributed by atoms with Crippen molar-refractivity contribution in [1.29, 1.82) is 0 Å². The van der Waals surface area contributed by atoms with Gasteiger partial charge in [-0.2, -0.15) is 0 Å². The fourth-order valence-corrected chi connectivity index (χ4v) is 3.94. The van der Waals surface area contributed by atoms with Crippen LogP contribution in [0.4, 0.5) is 0 Å². The van der Waals surface area contributed by atoms with Crippen molar-refractivity contribution >= 4 is 17.7 Å². The van der Waals surface area contributed by atoms with Gasteiger partial charge in [0.15, 0.2) is 0 Å². The summed E-state index contributed by atoms with van der Waals surface area (Å²) < 4.78 is 16.6. The SMILES string of the molecule is COCCOC12CC#C/C(Sc3ccccc3)=C\COC(=O)CC#CC1=CCC2. The molecular weight excluding hydrogens is 384 g/mol. The van der Waals surface area contributed by atoms with Crippen LogP contribution in [0.15, 0.2) is 57.9 Å². The highest BCUT2D eigenvalue weighted by atomic mass is 32.2. The smallest absolute Gasteiger partial charge is 0.318 e. The van der Waals surface area contributed by atoms with Crippen LogP contribution in [0, 0.1) is 23.7 Å². The van der Waals surface area contributed by atoms with E-state index in [4.69, 9.17) is 14.2 Å². The molecule has 1 aromatic carbocycles. The number of carbonyl (C=O) groups is 1. The molecule has 0 N–H and O–H groups in total. The van der Waals surface area contributed by atoms with Crippen molar-refractivity contribution in [2.75, 3.05) is 26.9 Å². The van der Waals surface area contributed by atoms with Gasteiger partial charge in [-0.15, -0.1) is 0 Å². The summed E-state index contributed by atoms with van der Waals surface area (Å²) in [5, 5.41) is 0. The Bertz CT molecular complexity index is 896. The molecule has 3 rings (SSSR count). The molecule has 150 valence electrons. The Balaban J connectivity index is 1.86. The lowest BCUT2D eigenvalue weighted by Gasteiger charge is -2.29. The lowest BCUT2D eigenvalue weighted by molar-refractivity contribution is -0.141. The van der Waals surface area contributed by atoms with E-state index in [2.05, 4.69) is 29.8 Å². The highest BCUT2D eigenvalue weighted by Crippen LogP contribution is 2.37. The number of thioether (sulfide) groups is 1. The molecule has 0 spiro atoms. The molecule has 29 heavy (non-hydrogen) atoms. The predicted molar refractivity (Wildman–Crippen MR) is 114 cm³/mol. The van der Waals surface area contributed by atoms with Crippen LogP contribution in [0.1, 0.15) is 25.7 Å². The first-order valence-electron chi connectivity index (χ1n) is 9.62. The Labute approximate surface area is 176 Å². The Hall–Kier alpha value is -2.44. The van der Waals surface area contributed by atoms with Crippen LogP contribution in [0.2, 0.25) is 0 Å². The van der Waals surface area contributed by atoms with Crippen LogP contribution in [0.5, 0.6) is 0 Å². The van der Waals surface area contributed by atoms with Crippen LogP contribution < -0.4 is 0 Å². The minimum atomic E-state index is -0.543. The second kappa shape index (κ2) is 10.9. The molecule has 1 aliphatic heterocycles. The fraction of sp³-hybridized carbons (Fsp3) is 0.375. The summed E-state index contributed by atoms with van der Waals surface area (Å²) in [6, 6.07) is 10.0. The lowest BCUT2D eigenvalue weighted by Crippen LogP contribution is -2.33. The zero-order valence-electron chi connectivity index (χ0n) is 16.5. The molecular formula is C24H24O4S. The Morgan fingerprint density at radius 1 is 1.14 bits per heavy atom. The number of allylic oxidation sites excluding steroid dienone is 2. The quantitative estimate of drug-likeness (QED) is 0.402. The topological polar surface area (TPSA) is 44.8 Å². The molecule has 0 fully saturated rings. The van der Waals surface area contributed by atoms with Gasteiger partial charge >= 0.3 is 5.97 Å². The van der Waals surface area contributed by atoms with Crippen LogP contribution in [-0.2, 0) is 19.0 Å². The van der Waals surface area contributed by atoms with E-state index in [1.54, 1.807) is 18.9 Å². The van der Waals surface area contributed by atoms with E-state index in [9.17, 15) is 4.79 Å². The summed E-state index contributed by atoms with van der Waals surface area (Å²) in [5.41, 5.74) is 0.357. The molecule has 0 bridgehead atoms. The van der Waals surface area contributed by atoms with E-state index in [1.165, 1.54) is 0 Å². The van der Waals surface area contributed by atoms with Gasteiger partial charge in [-0.3, -0.25) is 4.79 Å². The van der Waals surface area contributed by atoms with E-state index in [0.717, 1.165) is 28.2 Å². The maximum Gasteiger partial charge on any atom is 0.318 e. The third-order valence-corrected chi connectivity index (χ3v) is 5.58. The van der Waals surface area contributed by atoms with Crippen LogP contribution in [0.3, 0.4) is 0 Å². The molecule has 1 aliphatic carbocycles.